The molecule has 2 aromatic rings. The molecule has 0 bridgehead atoms. The first-order valence-electron chi connectivity index (χ1n) is 7.80. The van der Waals surface area contributed by atoms with Crippen molar-refractivity contribution in [3.8, 4) is 5.75 Å². The van der Waals surface area contributed by atoms with E-state index in [0.717, 1.165) is 24.2 Å². The molecule has 0 radical (unpaired) electrons. The lowest BCUT2D eigenvalue weighted by Crippen LogP contribution is -2.22. The van der Waals surface area contributed by atoms with E-state index in [1.54, 1.807) is 0 Å². The SMILES string of the molecule is CCc1ccc(OCCCC(=O)NCc2ccccc2)cc1. The van der Waals surface area contributed by atoms with E-state index in [1.807, 2.05) is 42.5 Å². The minimum atomic E-state index is 0.0637. The first kappa shape index (κ1) is 16.1. The Hall–Kier alpha value is -2.29. The van der Waals surface area contributed by atoms with Crippen molar-refractivity contribution >= 4 is 5.91 Å². The predicted molar refractivity (Wildman–Crippen MR) is 88.8 cm³/mol. The molecular weight excluding hydrogens is 274 g/mol. The van der Waals surface area contributed by atoms with E-state index >= 15 is 0 Å². The number of hydrogen-bond donors (Lipinski definition) is 1. The Morgan fingerprint density at radius 2 is 1.73 bits per heavy atom. The van der Waals surface area contributed by atoms with Crippen molar-refractivity contribution in [1.29, 1.82) is 0 Å². The third kappa shape index (κ3) is 5.60. The second-order valence-corrected chi connectivity index (χ2v) is 5.21. The van der Waals surface area contributed by atoms with Gasteiger partial charge in [-0.1, -0.05) is 49.4 Å². The Morgan fingerprint density at radius 1 is 1.00 bits per heavy atom. The molecule has 0 spiro atoms. The van der Waals surface area contributed by atoms with Crippen LogP contribution >= 0.6 is 0 Å². The third-order valence-electron chi connectivity index (χ3n) is 3.48. The lowest BCUT2D eigenvalue weighted by Gasteiger charge is -2.08. The lowest BCUT2D eigenvalue weighted by molar-refractivity contribution is -0.121. The van der Waals surface area contributed by atoms with Gasteiger partial charge >= 0.3 is 0 Å². The van der Waals surface area contributed by atoms with Crippen LogP contribution in [0.5, 0.6) is 5.75 Å². The number of rotatable bonds is 8. The standard InChI is InChI=1S/C19H23NO2/c1-2-16-10-12-18(13-11-16)22-14-6-9-19(21)20-15-17-7-4-3-5-8-17/h3-5,7-8,10-13H,2,6,9,14-15H2,1H3,(H,20,21). The van der Waals surface area contributed by atoms with Crippen LogP contribution in [0.2, 0.25) is 0 Å². The van der Waals surface area contributed by atoms with Crippen LogP contribution in [-0.2, 0) is 17.8 Å². The molecule has 0 aromatic heterocycles. The predicted octanol–water partition coefficient (Wildman–Crippen LogP) is 3.72. The third-order valence-corrected chi connectivity index (χ3v) is 3.48. The highest BCUT2D eigenvalue weighted by atomic mass is 16.5. The lowest BCUT2D eigenvalue weighted by atomic mass is 10.2. The zero-order chi connectivity index (χ0) is 15.6. The monoisotopic (exact) mass is 297 g/mol. The van der Waals surface area contributed by atoms with Gasteiger partial charge in [-0.15, -0.1) is 0 Å². The highest BCUT2D eigenvalue weighted by Gasteiger charge is 2.02. The van der Waals surface area contributed by atoms with Gasteiger partial charge in [0.15, 0.2) is 0 Å². The molecule has 1 N–H and O–H groups in total. The fourth-order valence-corrected chi connectivity index (χ4v) is 2.13. The summed E-state index contributed by atoms with van der Waals surface area (Å²) in [5.74, 6) is 0.927. The van der Waals surface area contributed by atoms with Crippen LogP contribution in [0.1, 0.15) is 30.9 Å². The zero-order valence-corrected chi connectivity index (χ0v) is 13.0. The molecule has 2 rings (SSSR count). The maximum atomic E-state index is 11.7. The van der Waals surface area contributed by atoms with Crippen LogP contribution < -0.4 is 10.1 Å². The van der Waals surface area contributed by atoms with Gasteiger partial charge in [-0.05, 0) is 36.1 Å². The van der Waals surface area contributed by atoms with Crippen molar-refractivity contribution in [2.45, 2.75) is 32.7 Å². The summed E-state index contributed by atoms with van der Waals surface area (Å²) in [5.41, 5.74) is 2.41. The number of hydrogen-bond acceptors (Lipinski definition) is 2. The van der Waals surface area contributed by atoms with Crippen molar-refractivity contribution in [2.75, 3.05) is 6.61 Å². The first-order valence-corrected chi connectivity index (χ1v) is 7.80. The molecule has 1 amide bonds. The van der Waals surface area contributed by atoms with E-state index < -0.39 is 0 Å². The van der Waals surface area contributed by atoms with Crippen molar-refractivity contribution in [3.05, 3.63) is 65.7 Å². The number of benzene rings is 2. The Balaban J connectivity index is 1.60. The van der Waals surface area contributed by atoms with Gasteiger partial charge in [0.2, 0.25) is 5.91 Å². The summed E-state index contributed by atoms with van der Waals surface area (Å²) in [6.45, 7) is 3.27. The van der Waals surface area contributed by atoms with Gasteiger partial charge in [0.05, 0.1) is 6.61 Å². The normalized spacial score (nSPS) is 10.2. The average molecular weight is 297 g/mol. The van der Waals surface area contributed by atoms with E-state index in [2.05, 4.69) is 24.4 Å². The van der Waals surface area contributed by atoms with Gasteiger partial charge in [-0.25, -0.2) is 0 Å². The molecule has 0 saturated heterocycles. The van der Waals surface area contributed by atoms with Gasteiger partial charge in [-0.3, -0.25) is 4.79 Å². The van der Waals surface area contributed by atoms with Gasteiger partial charge in [0.25, 0.3) is 0 Å². The van der Waals surface area contributed by atoms with Crippen molar-refractivity contribution in [3.63, 3.8) is 0 Å². The molecule has 116 valence electrons. The van der Waals surface area contributed by atoms with Crippen LogP contribution in [0.4, 0.5) is 0 Å². The highest BCUT2D eigenvalue weighted by molar-refractivity contribution is 5.75. The van der Waals surface area contributed by atoms with E-state index in [0.29, 0.717) is 19.6 Å². The van der Waals surface area contributed by atoms with Crippen molar-refractivity contribution < 1.29 is 9.53 Å². The molecule has 0 unspecified atom stereocenters. The molecule has 0 heterocycles. The van der Waals surface area contributed by atoms with Crippen molar-refractivity contribution in [2.24, 2.45) is 0 Å². The number of carbonyl (C=O) groups is 1. The molecule has 3 nitrogen and oxygen atoms in total. The number of amides is 1. The fraction of sp³-hybridized carbons (Fsp3) is 0.316. The molecule has 3 heteroatoms. The molecule has 2 aromatic carbocycles. The summed E-state index contributed by atoms with van der Waals surface area (Å²) in [5, 5.41) is 2.92. The molecule has 0 saturated carbocycles. The van der Waals surface area contributed by atoms with Gasteiger partial charge in [0.1, 0.15) is 5.75 Å². The van der Waals surface area contributed by atoms with Crippen molar-refractivity contribution in [1.82, 2.24) is 5.32 Å². The molecule has 22 heavy (non-hydrogen) atoms. The number of ether oxygens (including phenoxy) is 1. The van der Waals surface area contributed by atoms with E-state index in [-0.39, 0.29) is 5.91 Å². The van der Waals surface area contributed by atoms with E-state index in [9.17, 15) is 4.79 Å². The summed E-state index contributed by atoms with van der Waals surface area (Å²) in [4.78, 5) is 11.7. The summed E-state index contributed by atoms with van der Waals surface area (Å²) in [7, 11) is 0. The molecule has 0 fully saturated rings. The largest absolute Gasteiger partial charge is 0.494 e. The minimum Gasteiger partial charge on any atom is -0.494 e. The Kier molecular flexibility index (Phi) is 6.49. The molecule has 0 atom stereocenters. The van der Waals surface area contributed by atoms with E-state index in [1.165, 1.54) is 5.56 Å². The Bertz CT molecular complexity index is 564. The summed E-state index contributed by atoms with van der Waals surface area (Å²) in [6.07, 6.45) is 2.23. The van der Waals surface area contributed by atoms with Gasteiger partial charge < -0.3 is 10.1 Å². The summed E-state index contributed by atoms with van der Waals surface area (Å²) in [6, 6.07) is 18.0. The number of aryl methyl sites for hydroxylation is 1. The molecular formula is C19H23NO2. The Labute approximate surface area is 132 Å². The molecule has 0 aliphatic rings. The topological polar surface area (TPSA) is 38.3 Å². The average Bonchev–Trinajstić information content (AvgIpc) is 2.58. The van der Waals surface area contributed by atoms with E-state index in [4.69, 9.17) is 4.74 Å². The molecule has 0 aliphatic carbocycles. The number of nitrogens with one attached hydrogen (secondary N) is 1. The summed E-state index contributed by atoms with van der Waals surface area (Å²) >= 11 is 0. The maximum Gasteiger partial charge on any atom is 0.220 e. The second kappa shape index (κ2) is 8.88. The highest BCUT2D eigenvalue weighted by Crippen LogP contribution is 2.12. The quantitative estimate of drug-likeness (QED) is 0.754. The minimum absolute atomic E-state index is 0.0637. The smallest absolute Gasteiger partial charge is 0.220 e. The number of carbonyl (C=O) groups excluding carboxylic acids is 1. The van der Waals surface area contributed by atoms with Crippen LogP contribution in [0.3, 0.4) is 0 Å². The first-order chi connectivity index (χ1) is 10.8. The second-order valence-electron chi connectivity index (χ2n) is 5.21. The maximum absolute atomic E-state index is 11.7. The van der Waals surface area contributed by atoms with Crippen LogP contribution in [-0.4, -0.2) is 12.5 Å². The Morgan fingerprint density at radius 3 is 2.41 bits per heavy atom. The fourth-order valence-electron chi connectivity index (χ4n) is 2.13. The summed E-state index contributed by atoms with van der Waals surface area (Å²) < 4.78 is 5.64. The van der Waals surface area contributed by atoms with Crippen LogP contribution in [0.15, 0.2) is 54.6 Å². The van der Waals surface area contributed by atoms with Gasteiger partial charge in [-0.2, -0.15) is 0 Å². The molecule has 0 aliphatic heterocycles. The zero-order valence-electron chi connectivity index (χ0n) is 13.0. The van der Waals surface area contributed by atoms with Gasteiger partial charge in [0, 0.05) is 13.0 Å². The van der Waals surface area contributed by atoms with Crippen LogP contribution in [0.25, 0.3) is 0 Å². The van der Waals surface area contributed by atoms with Crippen LogP contribution in [0, 0.1) is 0 Å².